The van der Waals surface area contributed by atoms with Crippen LogP contribution in [-0.2, 0) is 4.79 Å². The Morgan fingerprint density at radius 2 is 2.26 bits per heavy atom. The van der Waals surface area contributed by atoms with Gasteiger partial charge in [-0.15, -0.1) is 11.3 Å². The summed E-state index contributed by atoms with van der Waals surface area (Å²) in [6.07, 6.45) is 0.295. The van der Waals surface area contributed by atoms with Crippen molar-refractivity contribution in [2.24, 2.45) is 5.73 Å². The molecule has 1 aromatic carbocycles. The highest BCUT2D eigenvalue weighted by Crippen LogP contribution is 2.31. The normalized spacial score (nSPS) is 10.2. The molecule has 2 aromatic rings. The van der Waals surface area contributed by atoms with Gasteiger partial charge in [0.15, 0.2) is 5.13 Å². The number of amides is 1. The van der Waals surface area contributed by atoms with E-state index in [1.54, 1.807) is 7.11 Å². The molecule has 6 heteroatoms. The summed E-state index contributed by atoms with van der Waals surface area (Å²) in [4.78, 5) is 15.8. The van der Waals surface area contributed by atoms with Crippen LogP contribution in [-0.4, -0.2) is 24.5 Å². The van der Waals surface area contributed by atoms with E-state index in [1.807, 2.05) is 29.6 Å². The Morgan fingerprint density at radius 3 is 3.00 bits per heavy atom. The summed E-state index contributed by atoms with van der Waals surface area (Å²) in [6.45, 7) is 0.330. The second kappa shape index (κ2) is 6.31. The number of carbonyl (C=O) groups excluding carboxylic acids is 1. The number of rotatable bonds is 5. The van der Waals surface area contributed by atoms with Crippen molar-refractivity contribution in [2.75, 3.05) is 19.0 Å². The lowest BCUT2D eigenvalue weighted by atomic mass is 10.1. The molecular formula is C13H15N3O2S. The topological polar surface area (TPSA) is 77.2 Å². The highest BCUT2D eigenvalue weighted by atomic mass is 32.1. The largest absolute Gasteiger partial charge is 0.496 e. The number of aromatic nitrogens is 1. The van der Waals surface area contributed by atoms with Crippen LogP contribution in [0.4, 0.5) is 5.13 Å². The maximum absolute atomic E-state index is 11.4. The SMILES string of the molecule is COc1ccccc1-c1csc(NC(=O)CCN)n1. The molecule has 100 valence electrons. The van der Waals surface area contributed by atoms with Crippen molar-refractivity contribution in [3.05, 3.63) is 29.6 Å². The van der Waals surface area contributed by atoms with Crippen LogP contribution < -0.4 is 15.8 Å². The van der Waals surface area contributed by atoms with Crippen molar-refractivity contribution in [3.8, 4) is 17.0 Å². The number of hydrogen-bond donors (Lipinski definition) is 2. The first-order valence-electron chi connectivity index (χ1n) is 5.83. The van der Waals surface area contributed by atoms with Crippen molar-refractivity contribution in [2.45, 2.75) is 6.42 Å². The number of carbonyl (C=O) groups is 1. The monoisotopic (exact) mass is 277 g/mol. The Kier molecular flexibility index (Phi) is 4.48. The lowest BCUT2D eigenvalue weighted by Crippen LogP contribution is -2.15. The van der Waals surface area contributed by atoms with Crippen molar-refractivity contribution < 1.29 is 9.53 Å². The zero-order valence-electron chi connectivity index (χ0n) is 10.6. The molecule has 19 heavy (non-hydrogen) atoms. The lowest BCUT2D eigenvalue weighted by molar-refractivity contribution is -0.116. The molecule has 0 fully saturated rings. The number of anilines is 1. The van der Waals surface area contributed by atoms with Crippen molar-refractivity contribution in [1.29, 1.82) is 0 Å². The molecule has 0 atom stereocenters. The molecule has 0 bridgehead atoms. The van der Waals surface area contributed by atoms with Crippen LogP contribution in [0.25, 0.3) is 11.3 Å². The number of methoxy groups -OCH3 is 1. The zero-order valence-corrected chi connectivity index (χ0v) is 11.4. The third-order valence-corrected chi connectivity index (χ3v) is 3.26. The van der Waals surface area contributed by atoms with E-state index in [0.29, 0.717) is 18.1 Å². The number of thiazole rings is 1. The molecular weight excluding hydrogens is 262 g/mol. The van der Waals surface area contributed by atoms with Gasteiger partial charge < -0.3 is 15.8 Å². The maximum Gasteiger partial charge on any atom is 0.227 e. The number of nitrogens with zero attached hydrogens (tertiary/aromatic N) is 1. The third-order valence-electron chi connectivity index (χ3n) is 2.50. The van der Waals surface area contributed by atoms with E-state index in [2.05, 4.69) is 10.3 Å². The van der Waals surface area contributed by atoms with Crippen molar-refractivity contribution >= 4 is 22.4 Å². The molecule has 1 amide bonds. The van der Waals surface area contributed by atoms with Gasteiger partial charge >= 0.3 is 0 Å². The summed E-state index contributed by atoms with van der Waals surface area (Å²) < 4.78 is 5.29. The summed E-state index contributed by atoms with van der Waals surface area (Å²) in [6, 6.07) is 7.63. The molecule has 0 aliphatic carbocycles. The molecule has 3 N–H and O–H groups in total. The smallest absolute Gasteiger partial charge is 0.227 e. The fourth-order valence-electron chi connectivity index (χ4n) is 1.62. The second-order valence-electron chi connectivity index (χ2n) is 3.83. The molecule has 0 aliphatic heterocycles. The molecule has 1 heterocycles. The van der Waals surface area contributed by atoms with E-state index in [-0.39, 0.29) is 5.91 Å². The summed E-state index contributed by atoms with van der Waals surface area (Å²) in [5, 5.41) is 5.17. The molecule has 0 radical (unpaired) electrons. The number of hydrogen-bond acceptors (Lipinski definition) is 5. The Balaban J connectivity index is 2.19. The van der Waals surface area contributed by atoms with Gasteiger partial charge in [0.2, 0.25) is 5.91 Å². The number of para-hydroxylation sites is 1. The van der Waals surface area contributed by atoms with E-state index in [1.165, 1.54) is 11.3 Å². The highest BCUT2D eigenvalue weighted by molar-refractivity contribution is 7.14. The van der Waals surface area contributed by atoms with Crippen LogP contribution >= 0.6 is 11.3 Å². The van der Waals surface area contributed by atoms with Gasteiger partial charge in [-0.1, -0.05) is 12.1 Å². The zero-order chi connectivity index (χ0) is 13.7. The van der Waals surface area contributed by atoms with E-state index < -0.39 is 0 Å². The Hall–Kier alpha value is -1.92. The van der Waals surface area contributed by atoms with Crippen LogP contribution in [0, 0.1) is 0 Å². The molecule has 0 saturated carbocycles. The van der Waals surface area contributed by atoms with Crippen molar-refractivity contribution in [3.63, 3.8) is 0 Å². The quantitative estimate of drug-likeness (QED) is 0.877. The van der Waals surface area contributed by atoms with Gasteiger partial charge in [0, 0.05) is 23.9 Å². The molecule has 0 aliphatic rings. The van der Waals surface area contributed by atoms with Gasteiger partial charge in [-0.25, -0.2) is 4.98 Å². The highest BCUT2D eigenvalue weighted by Gasteiger charge is 2.10. The Labute approximate surface area is 115 Å². The summed E-state index contributed by atoms with van der Waals surface area (Å²) >= 11 is 1.38. The van der Waals surface area contributed by atoms with Crippen LogP contribution in [0.5, 0.6) is 5.75 Å². The fraction of sp³-hybridized carbons (Fsp3) is 0.231. The molecule has 5 nitrogen and oxygen atoms in total. The van der Waals surface area contributed by atoms with Crippen LogP contribution in [0.1, 0.15) is 6.42 Å². The molecule has 0 saturated heterocycles. The predicted molar refractivity (Wildman–Crippen MR) is 76.4 cm³/mol. The average molecular weight is 277 g/mol. The van der Waals surface area contributed by atoms with Crippen LogP contribution in [0.15, 0.2) is 29.6 Å². The molecule has 2 rings (SSSR count). The number of nitrogens with two attached hydrogens (primary N) is 1. The van der Waals surface area contributed by atoms with Gasteiger partial charge in [0.25, 0.3) is 0 Å². The summed E-state index contributed by atoms with van der Waals surface area (Å²) in [5.41, 5.74) is 7.01. The predicted octanol–water partition coefficient (Wildman–Crippen LogP) is 2.11. The minimum atomic E-state index is -0.122. The van der Waals surface area contributed by atoms with E-state index in [9.17, 15) is 4.79 Å². The molecule has 1 aromatic heterocycles. The summed E-state index contributed by atoms with van der Waals surface area (Å²) in [5.74, 6) is 0.635. The maximum atomic E-state index is 11.4. The lowest BCUT2D eigenvalue weighted by Gasteiger charge is -2.05. The third kappa shape index (κ3) is 3.30. The van der Waals surface area contributed by atoms with Gasteiger partial charge in [-0.2, -0.15) is 0 Å². The summed E-state index contributed by atoms with van der Waals surface area (Å²) in [7, 11) is 1.62. The Bertz CT molecular complexity index is 569. The standard InChI is InChI=1S/C13H15N3O2S/c1-18-11-5-3-2-4-9(11)10-8-19-13(15-10)16-12(17)6-7-14/h2-5,8H,6-7,14H2,1H3,(H,15,16,17). The first-order chi connectivity index (χ1) is 9.24. The first kappa shape index (κ1) is 13.5. The Morgan fingerprint density at radius 1 is 1.47 bits per heavy atom. The van der Waals surface area contributed by atoms with Crippen LogP contribution in [0.3, 0.4) is 0 Å². The van der Waals surface area contributed by atoms with E-state index >= 15 is 0 Å². The minimum absolute atomic E-state index is 0.122. The first-order valence-corrected chi connectivity index (χ1v) is 6.71. The second-order valence-corrected chi connectivity index (χ2v) is 4.68. The molecule has 0 unspecified atom stereocenters. The fourth-order valence-corrected chi connectivity index (χ4v) is 2.35. The van der Waals surface area contributed by atoms with E-state index in [4.69, 9.17) is 10.5 Å². The molecule has 0 spiro atoms. The minimum Gasteiger partial charge on any atom is -0.496 e. The number of ether oxygens (including phenoxy) is 1. The van der Waals surface area contributed by atoms with Gasteiger partial charge in [0.05, 0.1) is 12.8 Å². The average Bonchev–Trinajstić information content (AvgIpc) is 2.87. The van der Waals surface area contributed by atoms with Gasteiger partial charge in [-0.3, -0.25) is 4.79 Å². The van der Waals surface area contributed by atoms with E-state index in [0.717, 1.165) is 17.0 Å². The number of nitrogens with one attached hydrogen (secondary N) is 1. The van der Waals surface area contributed by atoms with Gasteiger partial charge in [-0.05, 0) is 12.1 Å². The number of benzene rings is 1. The van der Waals surface area contributed by atoms with Gasteiger partial charge in [0.1, 0.15) is 5.75 Å². The van der Waals surface area contributed by atoms with Crippen molar-refractivity contribution in [1.82, 2.24) is 4.98 Å². The van der Waals surface area contributed by atoms with Crippen LogP contribution in [0.2, 0.25) is 0 Å².